The van der Waals surface area contributed by atoms with Crippen molar-refractivity contribution in [2.24, 2.45) is 11.8 Å². The smallest absolute Gasteiger partial charge is 0.230 e. The average molecular weight is 268 g/mol. The van der Waals surface area contributed by atoms with Gasteiger partial charge in [-0.05, 0) is 18.3 Å². The lowest BCUT2D eigenvalue weighted by Crippen LogP contribution is -2.44. The molecule has 5 nitrogen and oxygen atoms in total. The second-order valence-electron chi connectivity index (χ2n) is 5.02. The molecule has 0 spiro atoms. The molecule has 0 bridgehead atoms. The van der Waals surface area contributed by atoms with E-state index in [4.69, 9.17) is 0 Å². The van der Waals surface area contributed by atoms with Gasteiger partial charge in [-0.3, -0.25) is 9.89 Å². The molecule has 0 saturated heterocycles. The topological polar surface area (TPSA) is 70.7 Å². The number of aromatic nitrogens is 3. The molecule has 0 unspecified atom stereocenters. The van der Waals surface area contributed by atoms with Crippen LogP contribution in [-0.4, -0.2) is 32.9 Å². The standard InChI is InChI=1S/C12H20N4OS/c1-8-4-3-5-10(9(8)2)15-11(17)6-18-12-13-7-14-16-12/h7-10H,3-6H2,1-2H3,(H,15,17)(H,13,14,16)/t8-,9+,10+/m0/s1. The number of aromatic amines is 1. The number of carbonyl (C=O) groups excluding carboxylic acids is 1. The lowest BCUT2D eigenvalue weighted by atomic mass is 9.78. The van der Waals surface area contributed by atoms with Crippen molar-refractivity contribution in [3.05, 3.63) is 6.33 Å². The Morgan fingerprint density at radius 2 is 2.39 bits per heavy atom. The Labute approximate surface area is 112 Å². The SMILES string of the molecule is C[C@@H]1[C@@H](C)CCC[C@H]1NC(=O)CSc1ncn[nH]1. The van der Waals surface area contributed by atoms with Gasteiger partial charge in [-0.1, -0.05) is 38.5 Å². The van der Waals surface area contributed by atoms with E-state index in [-0.39, 0.29) is 5.91 Å². The third-order valence-electron chi connectivity index (χ3n) is 3.79. The molecule has 1 aromatic heterocycles. The van der Waals surface area contributed by atoms with Gasteiger partial charge in [0.25, 0.3) is 0 Å². The van der Waals surface area contributed by atoms with E-state index >= 15 is 0 Å². The van der Waals surface area contributed by atoms with E-state index in [1.807, 2.05) is 0 Å². The monoisotopic (exact) mass is 268 g/mol. The molecule has 1 heterocycles. The molecule has 0 aliphatic heterocycles. The molecule has 0 aromatic carbocycles. The van der Waals surface area contributed by atoms with Crippen molar-refractivity contribution in [3.8, 4) is 0 Å². The molecule has 1 aliphatic carbocycles. The Morgan fingerprint density at radius 3 is 3.11 bits per heavy atom. The van der Waals surface area contributed by atoms with Gasteiger partial charge >= 0.3 is 0 Å². The predicted octanol–water partition coefficient (Wildman–Crippen LogP) is 1.84. The number of H-pyrrole nitrogens is 1. The summed E-state index contributed by atoms with van der Waals surface area (Å²) in [7, 11) is 0. The zero-order valence-electron chi connectivity index (χ0n) is 10.8. The predicted molar refractivity (Wildman–Crippen MR) is 71.2 cm³/mol. The molecule has 18 heavy (non-hydrogen) atoms. The van der Waals surface area contributed by atoms with Crippen molar-refractivity contribution in [2.45, 2.75) is 44.3 Å². The number of hydrogen-bond acceptors (Lipinski definition) is 4. The fourth-order valence-electron chi connectivity index (χ4n) is 2.43. The summed E-state index contributed by atoms with van der Waals surface area (Å²) in [6.07, 6.45) is 5.04. The first-order chi connectivity index (χ1) is 8.66. The number of nitrogens with one attached hydrogen (secondary N) is 2. The lowest BCUT2D eigenvalue weighted by molar-refractivity contribution is -0.120. The normalized spacial score (nSPS) is 28.0. The maximum atomic E-state index is 11.9. The van der Waals surface area contributed by atoms with E-state index in [1.54, 1.807) is 0 Å². The second kappa shape index (κ2) is 6.22. The first kappa shape index (κ1) is 13.4. The molecule has 1 aromatic rings. The van der Waals surface area contributed by atoms with Crippen LogP contribution >= 0.6 is 11.8 Å². The lowest BCUT2D eigenvalue weighted by Gasteiger charge is -2.34. The molecular weight excluding hydrogens is 248 g/mol. The molecule has 1 aliphatic rings. The molecule has 100 valence electrons. The number of amides is 1. The van der Waals surface area contributed by atoms with Crippen LogP contribution in [0.5, 0.6) is 0 Å². The summed E-state index contributed by atoms with van der Waals surface area (Å²) in [6.45, 7) is 4.50. The van der Waals surface area contributed by atoms with E-state index in [2.05, 4.69) is 34.3 Å². The van der Waals surface area contributed by atoms with Crippen molar-refractivity contribution in [3.63, 3.8) is 0 Å². The highest BCUT2D eigenvalue weighted by Gasteiger charge is 2.27. The molecule has 1 saturated carbocycles. The summed E-state index contributed by atoms with van der Waals surface area (Å²) < 4.78 is 0. The zero-order chi connectivity index (χ0) is 13.0. The summed E-state index contributed by atoms with van der Waals surface area (Å²) >= 11 is 1.38. The van der Waals surface area contributed by atoms with Gasteiger partial charge < -0.3 is 5.32 Å². The highest BCUT2D eigenvalue weighted by Crippen LogP contribution is 2.29. The van der Waals surface area contributed by atoms with Crippen molar-refractivity contribution in [1.29, 1.82) is 0 Å². The molecule has 6 heteroatoms. The van der Waals surface area contributed by atoms with Crippen molar-refractivity contribution < 1.29 is 4.79 Å². The summed E-state index contributed by atoms with van der Waals surface area (Å²) in [5.74, 6) is 1.75. The second-order valence-corrected chi connectivity index (χ2v) is 5.98. The molecule has 1 amide bonds. The van der Waals surface area contributed by atoms with Gasteiger partial charge in [-0.2, -0.15) is 5.10 Å². The minimum Gasteiger partial charge on any atom is -0.352 e. The molecule has 1 fully saturated rings. The number of carbonyl (C=O) groups is 1. The van der Waals surface area contributed by atoms with Crippen LogP contribution in [-0.2, 0) is 4.79 Å². The first-order valence-electron chi connectivity index (χ1n) is 6.44. The molecule has 2 rings (SSSR count). The highest BCUT2D eigenvalue weighted by atomic mass is 32.2. The molecule has 0 radical (unpaired) electrons. The largest absolute Gasteiger partial charge is 0.352 e. The van der Waals surface area contributed by atoms with Crippen molar-refractivity contribution in [2.75, 3.05) is 5.75 Å². The van der Waals surface area contributed by atoms with Crippen molar-refractivity contribution >= 4 is 17.7 Å². The van der Waals surface area contributed by atoms with Gasteiger partial charge in [0.15, 0.2) is 5.16 Å². The number of thioether (sulfide) groups is 1. The number of nitrogens with zero attached hydrogens (tertiary/aromatic N) is 2. The quantitative estimate of drug-likeness (QED) is 0.817. The van der Waals surface area contributed by atoms with Gasteiger partial charge in [-0.25, -0.2) is 4.98 Å². The van der Waals surface area contributed by atoms with Gasteiger partial charge in [0.05, 0.1) is 5.75 Å². The van der Waals surface area contributed by atoms with Crippen molar-refractivity contribution in [1.82, 2.24) is 20.5 Å². The minimum atomic E-state index is 0.0855. The third kappa shape index (κ3) is 3.48. The average Bonchev–Trinajstić information content (AvgIpc) is 2.86. The fourth-order valence-corrected chi connectivity index (χ4v) is 3.02. The Balaban J connectivity index is 1.76. The van der Waals surface area contributed by atoms with Gasteiger partial charge in [0.1, 0.15) is 6.33 Å². The van der Waals surface area contributed by atoms with Crippen LogP contribution < -0.4 is 5.32 Å². The van der Waals surface area contributed by atoms with Crippen LogP contribution in [0.2, 0.25) is 0 Å². The maximum absolute atomic E-state index is 11.9. The van der Waals surface area contributed by atoms with Crippen LogP contribution in [0.4, 0.5) is 0 Å². The Kier molecular flexibility index (Phi) is 4.63. The van der Waals surface area contributed by atoms with E-state index in [0.717, 1.165) is 6.42 Å². The van der Waals surface area contributed by atoms with E-state index in [0.29, 0.717) is 28.8 Å². The fraction of sp³-hybridized carbons (Fsp3) is 0.750. The summed E-state index contributed by atoms with van der Waals surface area (Å²) in [5.41, 5.74) is 0. The van der Waals surface area contributed by atoms with Crippen LogP contribution in [0, 0.1) is 11.8 Å². The minimum absolute atomic E-state index is 0.0855. The Hall–Kier alpha value is -1.04. The van der Waals surface area contributed by atoms with E-state index in [1.165, 1.54) is 30.9 Å². The van der Waals surface area contributed by atoms with E-state index in [9.17, 15) is 4.79 Å². The molecule has 3 atom stereocenters. The van der Waals surface area contributed by atoms with Gasteiger partial charge in [0, 0.05) is 6.04 Å². The van der Waals surface area contributed by atoms with Gasteiger partial charge in [0.2, 0.25) is 5.91 Å². The van der Waals surface area contributed by atoms with Crippen LogP contribution in [0.25, 0.3) is 0 Å². The zero-order valence-corrected chi connectivity index (χ0v) is 11.7. The highest BCUT2D eigenvalue weighted by molar-refractivity contribution is 7.99. The first-order valence-corrected chi connectivity index (χ1v) is 7.43. The maximum Gasteiger partial charge on any atom is 0.230 e. The molecule has 2 N–H and O–H groups in total. The van der Waals surface area contributed by atoms with Crippen LogP contribution in [0.1, 0.15) is 33.1 Å². The van der Waals surface area contributed by atoms with Crippen LogP contribution in [0.15, 0.2) is 11.5 Å². The van der Waals surface area contributed by atoms with Crippen LogP contribution in [0.3, 0.4) is 0 Å². The Morgan fingerprint density at radius 1 is 1.56 bits per heavy atom. The number of rotatable bonds is 4. The molecular formula is C12H20N4OS. The summed E-state index contributed by atoms with van der Waals surface area (Å²) in [4.78, 5) is 15.8. The summed E-state index contributed by atoms with van der Waals surface area (Å²) in [5, 5.41) is 10.3. The van der Waals surface area contributed by atoms with Gasteiger partial charge in [-0.15, -0.1) is 0 Å². The third-order valence-corrected chi connectivity index (χ3v) is 4.66. The summed E-state index contributed by atoms with van der Waals surface area (Å²) in [6, 6.07) is 0.330. The Bertz CT molecular complexity index is 381. The number of hydrogen-bond donors (Lipinski definition) is 2. The van der Waals surface area contributed by atoms with E-state index < -0.39 is 0 Å².